The molecule has 1 saturated heterocycles. The van der Waals surface area contributed by atoms with Gasteiger partial charge in [0.2, 0.25) is 5.91 Å². The van der Waals surface area contributed by atoms with E-state index < -0.39 is 10.0 Å². The molecule has 0 radical (unpaired) electrons. The molecule has 0 atom stereocenters. The highest BCUT2D eigenvalue weighted by molar-refractivity contribution is 8.00. The Bertz CT molecular complexity index is 1540. The Balaban J connectivity index is 1.35. The average Bonchev–Trinajstić information content (AvgIpc) is 3.43. The topological polar surface area (TPSA) is 78.5 Å². The van der Waals surface area contributed by atoms with E-state index in [2.05, 4.69) is 27.1 Å². The molecule has 0 bridgehead atoms. The number of hydrogen-bond acceptors (Lipinski definition) is 5. The molecule has 1 aliphatic rings. The predicted molar refractivity (Wildman–Crippen MR) is 153 cm³/mol. The van der Waals surface area contributed by atoms with Crippen LogP contribution in [0.4, 0.5) is 17.1 Å². The van der Waals surface area contributed by atoms with Crippen molar-refractivity contribution in [2.45, 2.75) is 22.6 Å². The van der Waals surface area contributed by atoms with Crippen LogP contribution in [0, 0.1) is 0 Å². The minimum absolute atomic E-state index is 0.0721. The molecule has 37 heavy (non-hydrogen) atoms. The van der Waals surface area contributed by atoms with Gasteiger partial charge in [0.25, 0.3) is 10.0 Å². The minimum atomic E-state index is -3.87. The third kappa shape index (κ3) is 6.21. The quantitative estimate of drug-likeness (QED) is 0.240. The Labute approximate surface area is 226 Å². The first kappa shape index (κ1) is 25.4. The van der Waals surface area contributed by atoms with Crippen molar-refractivity contribution in [1.29, 1.82) is 0 Å². The second kappa shape index (κ2) is 11.0. The number of fused-ring (bicyclic) bond motifs is 1. The van der Waals surface area contributed by atoms with Gasteiger partial charge in [0.1, 0.15) is 0 Å². The second-order valence-corrected chi connectivity index (χ2v) is 12.0. The fourth-order valence-corrected chi connectivity index (χ4v) is 6.30. The van der Waals surface area contributed by atoms with E-state index in [1.807, 2.05) is 30.3 Å². The molecule has 5 rings (SSSR count). The number of carbonyl (C=O) groups excluding carboxylic acids is 1. The Morgan fingerprint density at radius 3 is 2.38 bits per heavy atom. The monoisotopic (exact) mass is 551 g/mol. The molecule has 1 aliphatic heterocycles. The molecule has 1 heterocycles. The molecule has 9 heteroatoms. The van der Waals surface area contributed by atoms with E-state index in [1.54, 1.807) is 36.4 Å². The molecule has 4 aromatic carbocycles. The first-order chi connectivity index (χ1) is 17.9. The fraction of sp³-hybridized carbons (Fsp3) is 0.179. The van der Waals surface area contributed by atoms with Gasteiger partial charge in [-0.2, -0.15) is 0 Å². The van der Waals surface area contributed by atoms with Gasteiger partial charge < -0.3 is 10.2 Å². The summed E-state index contributed by atoms with van der Waals surface area (Å²) in [6, 6.07) is 25.5. The van der Waals surface area contributed by atoms with Crippen molar-refractivity contribution in [2.24, 2.45) is 0 Å². The van der Waals surface area contributed by atoms with Crippen molar-refractivity contribution in [2.75, 3.05) is 33.8 Å². The second-order valence-electron chi connectivity index (χ2n) is 8.83. The van der Waals surface area contributed by atoms with Gasteiger partial charge in [-0.25, -0.2) is 8.42 Å². The van der Waals surface area contributed by atoms with E-state index in [-0.39, 0.29) is 16.6 Å². The van der Waals surface area contributed by atoms with Crippen molar-refractivity contribution in [1.82, 2.24) is 0 Å². The van der Waals surface area contributed by atoms with Crippen LogP contribution >= 0.6 is 23.4 Å². The zero-order chi connectivity index (χ0) is 25.8. The summed E-state index contributed by atoms with van der Waals surface area (Å²) in [5.74, 6) is 0.0106. The minimum Gasteiger partial charge on any atom is -0.370 e. The average molecular weight is 552 g/mol. The van der Waals surface area contributed by atoms with Gasteiger partial charge >= 0.3 is 0 Å². The first-order valence-corrected chi connectivity index (χ1v) is 14.8. The highest BCUT2D eigenvalue weighted by Gasteiger charge is 2.21. The van der Waals surface area contributed by atoms with Crippen LogP contribution in [0.3, 0.4) is 0 Å². The zero-order valence-electron chi connectivity index (χ0n) is 20.0. The number of hydrogen-bond donors (Lipinski definition) is 2. The van der Waals surface area contributed by atoms with Crippen LogP contribution in [-0.2, 0) is 14.8 Å². The van der Waals surface area contributed by atoms with Crippen molar-refractivity contribution in [3.05, 3.63) is 90.0 Å². The summed E-state index contributed by atoms with van der Waals surface area (Å²) in [6.07, 6.45) is 2.12. The molecular formula is C28H26ClN3O3S2. The highest BCUT2D eigenvalue weighted by Crippen LogP contribution is 2.33. The maximum Gasteiger partial charge on any atom is 0.261 e. The van der Waals surface area contributed by atoms with Crippen LogP contribution in [-0.4, -0.2) is 33.2 Å². The summed E-state index contributed by atoms with van der Waals surface area (Å²) >= 11 is 7.36. The van der Waals surface area contributed by atoms with Crippen molar-refractivity contribution in [3.8, 4) is 0 Å². The molecule has 1 fully saturated rings. The number of amides is 1. The van der Waals surface area contributed by atoms with E-state index in [9.17, 15) is 13.2 Å². The van der Waals surface area contributed by atoms with Gasteiger partial charge in [-0.1, -0.05) is 41.9 Å². The maximum atomic E-state index is 13.1. The largest absolute Gasteiger partial charge is 0.370 e. The highest BCUT2D eigenvalue weighted by atomic mass is 35.5. The molecule has 2 N–H and O–H groups in total. The number of anilines is 3. The standard InChI is InChI=1S/C28H26ClN3O3S2/c29-22-8-10-23(11-9-22)31-37(34,35)25-13-14-27(32-15-3-4-16-32)26(18-25)30-28(33)19-36-24-12-7-20-5-1-2-6-21(20)17-24/h1-2,5-14,17-18,31H,3-4,15-16,19H2,(H,30,33). The van der Waals surface area contributed by atoms with E-state index in [0.717, 1.165) is 47.3 Å². The van der Waals surface area contributed by atoms with Crippen molar-refractivity contribution < 1.29 is 13.2 Å². The molecule has 0 saturated carbocycles. The number of thioether (sulfide) groups is 1. The summed E-state index contributed by atoms with van der Waals surface area (Å²) in [5, 5.41) is 5.76. The van der Waals surface area contributed by atoms with E-state index >= 15 is 0 Å². The number of rotatable bonds is 8. The number of benzene rings is 4. The Hall–Kier alpha value is -3.20. The van der Waals surface area contributed by atoms with E-state index in [0.29, 0.717) is 16.4 Å². The van der Waals surface area contributed by atoms with Crippen LogP contribution in [0.15, 0.2) is 94.7 Å². The fourth-order valence-electron chi connectivity index (χ4n) is 4.34. The smallest absolute Gasteiger partial charge is 0.261 e. The van der Waals surface area contributed by atoms with Crippen LogP contribution in [0.1, 0.15) is 12.8 Å². The van der Waals surface area contributed by atoms with Gasteiger partial charge in [0, 0.05) is 28.7 Å². The molecule has 0 unspecified atom stereocenters. The Morgan fingerprint density at radius 1 is 0.892 bits per heavy atom. The number of carbonyl (C=O) groups is 1. The lowest BCUT2D eigenvalue weighted by atomic mass is 10.1. The molecule has 6 nitrogen and oxygen atoms in total. The van der Waals surface area contributed by atoms with Crippen LogP contribution in [0.5, 0.6) is 0 Å². The molecule has 0 aromatic heterocycles. The third-order valence-corrected chi connectivity index (χ3v) is 8.81. The van der Waals surface area contributed by atoms with Gasteiger partial charge in [-0.3, -0.25) is 9.52 Å². The van der Waals surface area contributed by atoms with Crippen LogP contribution < -0.4 is 14.9 Å². The SMILES string of the molecule is O=C(CSc1ccc2ccccc2c1)Nc1cc(S(=O)(=O)Nc2ccc(Cl)cc2)ccc1N1CCCC1. The number of nitrogens with one attached hydrogen (secondary N) is 2. The number of sulfonamides is 1. The summed E-state index contributed by atoms with van der Waals surface area (Å²) in [4.78, 5) is 16.2. The van der Waals surface area contributed by atoms with Gasteiger partial charge in [-0.05, 0) is 78.2 Å². The Kier molecular flexibility index (Phi) is 7.60. The lowest BCUT2D eigenvalue weighted by Gasteiger charge is -2.22. The normalized spacial score (nSPS) is 13.6. The van der Waals surface area contributed by atoms with Gasteiger partial charge in [-0.15, -0.1) is 11.8 Å². The lowest BCUT2D eigenvalue weighted by molar-refractivity contribution is -0.113. The first-order valence-electron chi connectivity index (χ1n) is 12.0. The van der Waals surface area contributed by atoms with Gasteiger partial charge in [0.15, 0.2) is 0 Å². The van der Waals surface area contributed by atoms with Gasteiger partial charge in [0.05, 0.1) is 22.0 Å². The molecule has 0 aliphatic carbocycles. The molecule has 0 spiro atoms. The van der Waals surface area contributed by atoms with Crippen molar-refractivity contribution in [3.63, 3.8) is 0 Å². The van der Waals surface area contributed by atoms with Crippen LogP contribution in [0.2, 0.25) is 5.02 Å². The number of halogens is 1. The van der Waals surface area contributed by atoms with E-state index in [4.69, 9.17) is 11.6 Å². The Morgan fingerprint density at radius 2 is 1.62 bits per heavy atom. The molecule has 190 valence electrons. The third-order valence-electron chi connectivity index (χ3n) is 6.19. The number of nitrogens with zero attached hydrogens (tertiary/aromatic N) is 1. The summed E-state index contributed by atoms with van der Waals surface area (Å²) in [6.45, 7) is 1.73. The molecule has 4 aromatic rings. The molecular weight excluding hydrogens is 526 g/mol. The maximum absolute atomic E-state index is 13.1. The zero-order valence-corrected chi connectivity index (χ0v) is 22.4. The predicted octanol–water partition coefficient (Wildman–Crippen LogP) is 6.63. The van der Waals surface area contributed by atoms with Crippen LogP contribution in [0.25, 0.3) is 10.8 Å². The van der Waals surface area contributed by atoms with Crippen molar-refractivity contribution >= 4 is 67.1 Å². The molecule has 1 amide bonds. The summed E-state index contributed by atoms with van der Waals surface area (Å²) < 4.78 is 28.8. The summed E-state index contributed by atoms with van der Waals surface area (Å²) in [7, 11) is -3.87. The van der Waals surface area contributed by atoms with E-state index in [1.165, 1.54) is 17.8 Å². The summed E-state index contributed by atoms with van der Waals surface area (Å²) in [5.41, 5.74) is 1.72. The lowest BCUT2D eigenvalue weighted by Crippen LogP contribution is -2.22.